The fourth-order valence-corrected chi connectivity index (χ4v) is 4.68. The second kappa shape index (κ2) is 8.40. The van der Waals surface area contributed by atoms with Crippen molar-refractivity contribution in [2.75, 3.05) is 18.0 Å². The molecule has 1 aliphatic rings. The molecule has 2 heterocycles. The van der Waals surface area contributed by atoms with Crippen LogP contribution in [0.15, 0.2) is 41.3 Å². The van der Waals surface area contributed by atoms with Crippen molar-refractivity contribution in [3.63, 3.8) is 0 Å². The van der Waals surface area contributed by atoms with Gasteiger partial charge >= 0.3 is 7.12 Å². The van der Waals surface area contributed by atoms with E-state index >= 15 is 0 Å². The minimum absolute atomic E-state index is 0.0350. The zero-order chi connectivity index (χ0) is 23.0. The number of benzene rings is 1. The molecule has 0 atom stereocenters. The van der Waals surface area contributed by atoms with Crippen molar-refractivity contribution in [1.29, 1.82) is 0 Å². The van der Waals surface area contributed by atoms with E-state index in [-0.39, 0.29) is 17.3 Å². The summed E-state index contributed by atoms with van der Waals surface area (Å²) in [6, 6.07) is 8.03. The highest BCUT2D eigenvalue weighted by Gasteiger charge is 2.52. The first-order chi connectivity index (χ1) is 14.4. The molecule has 168 valence electrons. The van der Waals surface area contributed by atoms with Gasteiger partial charge in [0.15, 0.2) is 11.6 Å². The highest BCUT2D eigenvalue weighted by Crippen LogP contribution is 2.37. The molecule has 1 saturated heterocycles. The fraction of sp³-hybridized carbons (Fsp3) is 0.476. The molecule has 0 amide bonds. The van der Waals surface area contributed by atoms with Crippen molar-refractivity contribution in [3.8, 4) is 5.75 Å². The largest absolute Gasteiger partial charge is 0.514 e. The molecule has 10 heteroatoms. The van der Waals surface area contributed by atoms with Crippen LogP contribution in [-0.4, -0.2) is 45.4 Å². The summed E-state index contributed by atoms with van der Waals surface area (Å²) in [6.45, 7) is 9.74. The lowest BCUT2D eigenvalue weighted by molar-refractivity contribution is 0.00578. The van der Waals surface area contributed by atoms with Crippen molar-refractivity contribution in [3.05, 3.63) is 42.2 Å². The van der Waals surface area contributed by atoms with Gasteiger partial charge in [0.2, 0.25) is 0 Å². The standard InChI is InChI=1S/C21H28BFN2O5S/c1-7-14-25(31(26,27)16-10-8-15(23)9-11-16)19-17(28-6)12-13-18(24-19)22-29-20(2,3)21(4,5)30-22/h8-13H,7,14H2,1-6H3. The van der Waals surface area contributed by atoms with Crippen LogP contribution in [0.2, 0.25) is 0 Å². The van der Waals surface area contributed by atoms with E-state index < -0.39 is 34.2 Å². The second-order valence-corrected chi connectivity index (χ2v) is 10.2. The Labute approximate surface area is 183 Å². The van der Waals surface area contributed by atoms with E-state index in [0.29, 0.717) is 17.8 Å². The highest BCUT2D eigenvalue weighted by atomic mass is 32.2. The maximum atomic E-state index is 13.4. The third kappa shape index (κ3) is 4.42. The van der Waals surface area contributed by atoms with Crippen LogP contribution in [0.3, 0.4) is 0 Å². The summed E-state index contributed by atoms with van der Waals surface area (Å²) in [5, 5.41) is 0. The van der Waals surface area contributed by atoms with E-state index in [1.165, 1.54) is 23.5 Å². The van der Waals surface area contributed by atoms with Gasteiger partial charge in [-0.25, -0.2) is 22.1 Å². The smallest absolute Gasteiger partial charge is 0.493 e. The molecule has 0 spiro atoms. The number of aromatic nitrogens is 1. The number of hydrogen-bond donors (Lipinski definition) is 0. The number of rotatable bonds is 7. The first kappa shape index (κ1) is 23.5. The number of halogens is 1. The van der Waals surface area contributed by atoms with Gasteiger partial charge in [0.1, 0.15) is 5.82 Å². The van der Waals surface area contributed by atoms with Crippen molar-refractivity contribution < 1.29 is 26.9 Å². The van der Waals surface area contributed by atoms with E-state index in [4.69, 9.17) is 14.0 Å². The second-order valence-electron chi connectivity index (χ2n) is 8.38. The van der Waals surface area contributed by atoms with Gasteiger partial charge in [0.05, 0.1) is 28.8 Å². The van der Waals surface area contributed by atoms with Crippen LogP contribution < -0.4 is 14.6 Å². The van der Waals surface area contributed by atoms with Gasteiger partial charge < -0.3 is 14.0 Å². The molecule has 1 aromatic carbocycles. The molecule has 31 heavy (non-hydrogen) atoms. The average Bonchev–Trinajstić information content (AvgIpc) is 2.93. The van der Waals surface area contributed by atoms with Gasteiger partial charge in [0.25, 0.3) is 10.0 Å². The Balaban J connectivity index is 2.08. The average molecular weight is 450 g/mol. The summed E-state index contributed by atoms with van der Waals surface area (Å²) in [4.78, 5) is 4.55. The number of pyridine rings is 1. The first-order valence-electron chi connectivity index (χ1n) is 10.1. The highest BCUT2D eigenvalue weighted by molar-refractivity contribution is 7.92. The maximum absolute atomic E-state index is 13.4. The maximum Gasteiger partial charge on any atom is 0.514 e. The molecule has 1 fully saturated rings. The first-order valence-corrected chi connectivity index (χ1v) is 11.6. The Bertz CT molecular complexity index is 1030. The monoisotopic (exact) mass is 450 g/mol. The summed E-state index contributed by atoms with van der Waals surface area (Å²) in [6.07, 6.45) is 0.534. The van der Waals surface area contributed by atoms with Gasteiger partial charge in [-0.05, 0) is 70.5 Å². The lowest BCUT2D eigenvalue weighted by Crippen LogP contribution is -2.41. The van der Waals surface area contributed by atoms with E-state index in [2.05, 4.69) is 4.98 Å². The van der Waals surface area contributed by atoms with Gasteiger partial charge in [-0.2, -0.15) is 0 Å². The predicted octanol–water partition coefficient (Wildman–Crippen LogP) is 3.13. The number of anilines is 1. The van der Waals surface area contributed by atoms with Crippen molar-refractivity contribution >= 4 is 28.6 Å². The molecular weight excluding hydrogens is 422 g/mol. The van der Waals surface area contributed by atoms with E-state index in [1.54, 1.807) is 12.1 Å². The van der Waals surface area contributed by atoms with Crippen LogP contribution in [0.5, 0.6) is 5.75 Å². The zero-order valence-corrected chi connectivity index (χ0v) is 19.5. The normalized spacial score (nSPS) is 17.6. The molecule has 7 nitrogen and oxygen atoms in total. The van der Waals surface area contributed by atoms with E-state index in [0.717, 1.165) is 12.1 Å². The van der Waals surface area contributed by atoms with Crippen LogP contribution in [0.25, 0.3) is 0 Å². The quantitative estimate of drug-likeness (QED) is 0.604. The Kier molecular flexibility index (Phi) is 6.37. The molecule has 2 aromatic rings. The van der Waals surface area contributed by atoms with Gasteiger partial charge in [-0.3, -0.25) is 0 Å². The molecular formula is C21H28BFN2O5S. The molecule has 0 unspecified atom stereocenters. The molecule has 1 aromatic heterocycles. The molecule has 3 rings (SSSR count). The van der Waals surface area contributed by atoms with Gasteiger partial charge in [-0.15, -0.1) is 0 Å². The van der Waals surface area contributed by atoms with Crippen molar-refractivity contribution in [2.45, 2.75) is 57.1 Å². The Morgan fingerprint density at radius 3 is 2.16 bits per heavy atom. The number of sulfonamides is 1. The Hall–Kier alpha value is -2.17. The topological polar surface area (TPSA) is 78.0 Å². The number of nitrogens with zero attached hydrogens (tertiary/aromatic N) is 2. The fourth-order valence-electron chi connectivity index (χ4n) is 3.16. The minimum atomic E-state index is -4.01. The summed E-state index contributed by atoms with van der Waals surface area (Å²) >= 11 is 0. The third-order valence-electron chi connectivity index (χ3n) is 5.64. The SMILES string of the molecule is CCCN(c1nc(B2OC(C)(C)C(C)(C)O2)ccc1OC)S(=O)(=O)c1ccc(F)cc1. The van der Waals surface area contributed by atoms with Crippen molar-refractivity contribution in [2.24, 2.45) is 0 Å². The van der Waals surface area contributed by atoms with Crippen LogP contribution in [0, 0.1) is 5.82 Å². The zero-order valence-electron chi connectivity index (χ0n) is 18.7. The Morgan fingerprint density at radius 1 is 1.06 bits per heavy atom. The summed E-state index contributed by atoms with van der Waals surface area (Å²) < 4.78 is 58.8. The molecule has 1 aliphatic heterocycles. The third-order valence-corrected chi connectivity index (χ3v) is 7.44. The van der Waals surface area contributed by atoms with Crippen LogP contribution in [0.4, 0.5) is 10.2 Å². The Morgan fingerprint density at radius 2 is 1.65 bits per heavy atom. The lowest BCUT2D eigenvalue weighted by atomic mass is 9.84. The summed E-state index contributed by atoms with van der Waals surface area (Å²) in [5.74, 6) is -0.0975. The number of hydrogen-bond acceptors (Lipinski definition) is 6. The van der Waals surface area contributed by atoms with E-state index in [1.807, 2.05) is 34.6 Å². The van der Waals surface area contributed by atoms with Crippen LogP contribution in [0.1, 0.15) is 41.0 Å². The van der Waals surface area contributed by atoms with Crippen LogP contribution >= 0.6 is 0 Å². The number of ether oxygens (including phenoxy) is 1. The predicted molar refractivity (Wildman–Crippen MR) is 118 cm³/mol. The van der Waals surface area contributed by atoms with Crippen LogP contribution in [-0.2, 0) is 19.3 Å². The molecule has 0 saturated carbocycles. The molecule has 0 aliphatic carbocycles. The minimum Gasteiger partial charge on any atom is -0.493 e. The summed E-state index contributed by atoms with van der Waals surface area (Å²) in [5.41, 5.74) is -0.698. The molecule has 0 radical (unpaired) electrons. The van der Waals surface area contributed by atoms with E-state index in [9.17, 15) is 12.8 Å². The van der Waals surface area contributed by atoms with Gasteiger partial charge in [0, 0.05) is 6.54 Å². The molecule has 0 N–H and O–H groups in total. The number of methoxy groups -OCH3 is 1. The van der Waals surface area contributed by atoms with Crippen molar-refractivity contribution in [1.82, 2.24) is 4.98 Å². The lowest BCUT2D eigenvalue weighted by Gasteiger charge is -2.32. The summed E-state index contributed by atoms with van der Waals surface area (Å²) in [7, 11) is -3.32. The molecule has 0 bridgehead atoms. The van der Waals surface area contributed by atoms with Gasteiger partial charge in [-0.1, -0.05) is 6.92 Å².